The van der Waals surface area contributed by atoms with Crippen molar-refractivity contribution in [1.82, 2.24) is 4.98 Å². The van der Waals surface area contributed by atoms with Crippen LogP contribution in [0.2, 0.25) is 5.15 Å². The third-order valence-electron chi connectivity index (χ3n) is 3.46. The summed E-state index contributed by atoms with van der Waals surface area (Å²) >= 11 is 5.82. The summed E-state index contributed by atoms with van der Waals surface area (Å²) in [6.07, 6.45) is 0.387. The van der Waals surface area contributed by atoms with Crippen molar-refractivity contribution >= 4 is 17.4 Å². The third kappa shape index (κ3) is 2.21. The molecule has 90 valence electrons. The average molecular weight is 252 g/mol. The van der Waals surface area contributed by atoms with E-state index < -0.39 is 0 Å². The Kier molecular flexibility index (Phi) is 2.98. The van der Waals surface area contributed by atoms with Crippen molar-refractivity contribution in [2.75, 3.05) is 5.32 Å². The lowest BCUT2D eigenvalue weighted by atomic mass is 9.64. The Bertz CT molecular complexity index is 481. The minimum absolute atomic E-state index is 0.148. The molecule has 0 bridgehead atoms. The molecule has 0 spiro atoms. The predicted octanol–water partition coefficient (Wildman–Crippen LogP) is 2.18. The van der Waals surface area contributed by atoms with Crippen LogP contribution in [0.5, 0.6) is 0 Å². The average Bonchev–Trinajstić information content (AvgIpc) is 2.28. The Hall–Kier alpha value is -1.31. The SMILES string of the molecule is CC1(C)C(O)CC1Nc1cc(C#N)cc(Cl)n1. The Balaban J connectivity index is 2.15. The number of halogens is 1. The lowest BCUT2D eigenvalue weighted by Crippen LogP contribution is -2.57. The van der Waals surface area contributed by atoms with E-state index in [1.807, 2.05) is 19.9 Å². The number of aromatic nitrogens is 1. The Labute approximate surface area is 105 Å². The fourth-order valence-electron chi connectivity index (χ4n) is 1.96. The summed E-state index contributed by atoms with van der Waals surface area (Å²) in [5.41, 5.74) is 0.293. The maximum absolute atomic E-state index is 9.64. The van der Waals surface area contributed by atoms with Crippen LogP contribution in [0.1, 0.15) is 25.8 Å². The van der Waals surface area contributed by atoms with E-state index in [9.17, 15) is 5.11 Å². The molecule has 1 heterocycles. The molecular formula is C12H14ClN3O. The topological polar surface area (TPSA) is 68.9 Å². The zero-order valence-electron chi connectivity index (χ0n) is 9.74. The van der Waals surface area contributed by atoms with E-state index in [0.717, 1.165) is 0 Å². The number of nitriles is 1. The van der Waals surface area contributed by atoms with E-state index in [2.05, 4.69) is 10.3 Å². The predicted molar refractivity (Wildman–Crippen MR) is 65.8 cm³/mol. The van der Waals surface area contributed by atoms with Crippen molar-refractivity contribution in [3.05, 3.63) is 22.8 Å². The minimum atomic E-state index is -0.297. The van der Waals surface area contributed by atoms with E-state index in [4.69, 9.17) is 16.9 Å². The van der Waals surface area contributed by atoms with Crippen molar-refractivity contribution in [2.24, 2.45) is 5.41 Å². The van der Waals surface area contributed by atoms with Gasteiger partial charge < -0.3 is 10.4 Å². The van der Waals surface area contributed by atoms with E-state index in [1.165, 1.54) is 6.07 Å². The molecule has 1 aliphatic rings. The zero-order chi connectivity index (χ0) is 12.6. The number of nitrogens with zero attached hydrogens (tertiary/aromatic N) is 2. The van der Waals surface area contributed by atoms with Gasteiger partial charge in [0.05, 0.1) is 17.7 Å². The van der Waals surface area contributed by atoms with Crippen LogP contribution in [0.25, 0.3) is 0 Å². The molecule has 0 amide bonds. The highest BCUT2D eigenvalue weighted by molar-refractivity contribution is 6.29. The number of pyridine rings is 1. The molecule has 0 aromatic carbocycles. The van der Waals surface area contributed by atoms with Gasteiger partial charge in [-0.25, -0.2) is 4.98 Å². The van der Waals surface area contributed by atoms with Crippen molar-refractivity contribution in [3.63, 3.8) is 0 Å². The first-order valence-electron chi connectivity index (χ1n) is 5.46. The van der Waals surface area contributed by atoms with Gasteiger partial charge in [-0.1, -0.05) is 25.4 Å². The molecule has 2 unspecified atom stereocenters. The van der Waals surface area contributed by atoms with Gasteiger partial charge in [-0.3, -0.25) is 0 Å². The monoisotopic (exact) mass is 251 g/mol. The normalized spacial score (nSPS) is 25.8. The molecule has 0 saturated heterocycles. The van der Waals surface area contributed by atoms with Crippen LogP contribution >= 0.6 is 11.6 Å². The fraction of sp³-hybridized carbons (Fsp3) is 0.500. The summed E-state index contributed by atoms with van der Waals surface area (Å²) < 4.78 is 0. The molecule has 4 nitrogen and oxygen atoms in total. The van der Waals surface area contributed by atoms with E-state index in [-0.39, 0.29) is 17.6 Å². The molecule has 17 heavy (non-hydrogen) atoms. The summed E-state index contributed by atoms with van der Waals surface area (Å²) in [4.78, 5) is 4.12. The van der Waals surface area contributed by atoms with Gasteiger partial charge in [-0.05, 0) is 18.6 Å². The molecule has 1 saturated carbocycles. The molecule has 2 N–H and O–H groups in total. The highest BCUT2D eigenvalue weighted by Gasteiger charge is 2.47. The smallest absolute Gasteiger partial charge is 0.132 e. The second-order valence-corrected chi connectivity index (χ2v) is 5.33. The standard InChI is InChI=1S/C12H14ClN3O/c1-12(2)8(5-9(12)17)15-11-4-7(6-14)3-10(13)16-11/h3-4,8-9,17H,5H2,1-2H3,(H,15,16). The number of nitrogens with one attached hydrogen (secondary N) is 1. The number of aliphatic hydroxyl groups excluding tert-OH is 1. The minimum Gasteiger partial charge on any atom is -0.392 e. The second kappa shape index (κ2) is 4.17. The van der Waals surface area contributed by atoms with E-state index in [1.54, 1.807) is 6.07 Å². The Morgan fingerprint density at radius 3 is 2.82 bits per heavy atom. The van der Waals surface area contributed by atoms with Gasteiger partial charge >= 0.3 is 0 Å². The van der Waals surface area contributed by atoms with Gasteiger partial charge in [0.2, 0.25) is 0 Å². The molecule has 1 aromatic heterocycles. The number of hydrogen-bond acceptors (Lipinski definition) is 4. The van der Waals surface area contributed by atoms with Crippen molar-refractivity contribution in [1.29, 1.82) is 5.26 Å². The van der Waals surface area contributed by atoms with Crippen LogP contribution in [-0.4, -0.2) is 22.2 Å². The summed E-state index contributed by atoms with van der Waals surface area (Å²) in [6, 6.07) is 5.36. The molecule has 1 fully saturated rings. The number of aliphatic hydroxyl groups is 1. The highest BCUT2D eigenvalue weighted by Crippen LogP contribution is 2.42. The van der Waals surface area contributed by atoms with Gasteiger partial charge in [-0.15, -0.1) is 0 Å². The zero-order valence-corrected chi connectivity index (χ0v) is 10.5. The molecule has 1 aliphatic carbocycles. The number of rotatable bonds is 2. The molecular weight excluding hydrogens is 238 g/mol. The fourth-order valence-corrected chi connectivity index (χ4v) is 2.17. The lowest BCUT2D eigenvalue weighted by Gasteiger charge is -2.49. The largest absolute Gasteiger partial charge is 0.392 e. The molecule has 0 aliphatic heterocycles. The van der Waals surface area contributed by atoms with Crippen LogP contribution in [0.4, 0.5) is 5.82 Å². The van der Waals surface area contributed by atoms with Crippen LogP contribution in [0, 0.1) is 16.7 Å². The molecule has 2 rings (SSSR count). The van der Waals surface area contributed by atoms with Crippen molar-refractivity contribution < 1.29 is 5.11 Å². The Morgan fingerprint density at radius 1 is 1.59 bits per heavy atom. The van der Waals surface area contributed by atoms with Crippen molar-refractivity contribution in [3.8, 4) is 6.07 Å². The Morgan fingerprint density at radius 2 is 2.29 bits per heavy atom. The first kappa shape index (κ1) is 12.2. The summed E-state index contributed by atoms with van der Waals surface area (Å²) in [5.74, 6) is 0.582. The lowest BCUT2D eigenvalue weighted by molar-refractivity contribution is -0.0511. The van der Waals surface area contributed by atoms with Crippen molar-refractivity contribution in [2.45, 2.75) is 32.4 Å². The van der Waals surface area contributed by atoms with E-state index in [0.29, 0.717) is 23.0 Å². The summed E-state index contributed by atoms with van der Waals surface area (Å²) in [5, 5.41) is 22.0. The summed E-state index contributed by atoms with van der Waals surface area (Å²) in [7, 11) is 0. The van der Waals surface area contributed by atoms with Gasteiger partial charge in [-0.2, -0.15) is 5.26 Å². The first-order chi connectivity index (χ1) is 7.93. The third-order valence-corrected chi connectivity index (χ3v) is 3.65. The number of anilines is 1. The van der Waals surface area contributed by atoms with Crippen LogP contribution in [0.3, 0.4) is 0 Å². The van der Waals surface area contributed by atoms with Gasteiger partial charge in [0.1, 0.15) is 11.0 Å². The molecule has 0 radical (unpaired) electrons. The molecule has 1 aromatic rings. The maximum atomic E-state index is 9.64. The van der Waals surface area contributed by atoms with Gasteiger partial charge in [0.15, 0.2) is 0 Å². The van der Waals surface area contributed by atoms with Crippen LogP contribution in [0.15, 0.2) is 12.1 Å². The molecule has 2 atom stereocenters. The molecule has 5 heteroatoms. The summed E-state index contributed by atoms with van der Waals surface area (Å²) in [6.45, 7) is 3.99. The van der Waals surface area contributed by atoms with Gasteiger partial charge in [0.25, 0.3) is 0 Å². The number of hydrogen-bond donors (Lipinski definition) is 2. The first-order valence-corrected chi connectivity index (χ1v) is 5.83. The van der Waals surface area contributed by atoms with E-state index >= 15 is 0 Å². The van der Waals surface area contributed by atoms with Crippen LogP contribution in [-0.2, 0) is 0 Å². The maximum Gasteiger partial charge on any atom is 0.132 e. The second-order valence-electron chi connectivity index (χ2n) is 4.95. The highest BCUT2D eigenvalue weighted by atomic mass is 35.5. The van der Waals surface area contributed by atoms with Crippen LogP contribution < -0.4 is 5.32 Å². The van der Waals surface area contributed by atoms with Gasteiger partial charge in [0, 0.05) is 11.5 Å². The quantitative estimate of drug-likeness (QED) is 0.791.